The molecule has 9 heteroatoms. The van der Waals surface area contributed by atoms with Gasteiger partial charge in [0, 0.05) is 73.1 Å². The second-order valence-corrected chi connectivity index (χ2v) is 13.9. The first kappa shape index (κ1) is 32.6. The van der Waals surface area contributed by atoms with Gasteiger partial charge in [0.1, 0.15) is 23.0 Å². The predicted octanol–water partition coefficient (Wildman–Crippen LogP) is 7.16. The zero-order valence-electron chi connectivity index (χ0n) is 29.4. The molecule has 1 spiro atoms. The molecule has 1 aromatic heterocycles. The summed E-state index contributed by atoms with van der Waals surface area (Å²) in [5.41, 5.74) is 5.67. The van der Waals surface area contributed by atoms with Crippen LogP contribution >= 0.6 is 0 Å². The fourth-order valence-electron chi connectivity index (χ4n) is 8.10. The van der Waals surface area contributed by atoms with Gasteiger partial charge in [0.15, 0.2) is 0 Å². The number of nitrogens with zero attached hydrogens (tertiary/aromatic N) is 4. The van der Waals surface area contributed by atoms with Crippen molar-refractivity contribution >= 4 is 6.03 Å². The molecule has 0 atom stereocenters. The number of methoxy groups -OCH3 is 4. The van der Waals surface area contributed by atoms with Crippen molar-refractivity contribution in [3.8, 4) is 28.7 Å². The molecule has 256 valence electrons. The van der Waals surface area contributed by atoms with Gasteiger partial charge in [-0.2, -0.15) is 0 Å². The number of allylic oxidation sites excluding steroid dienone is 1. The molecule has 2 amide bonds. The first-order valence-electron chi connectivity index (χ1n) is 16.9. The van der Waals surface area contributed by atoms with Gasteiger partial charge in [0.2, 0.25) is 0 Å². The summed E-state index contributed by atoms with van der Waals surface area (Å²) in [5, 5.41) is 0. The Morgan fingerprint density at radius 1 is 0.735 bits per heavy atom. The first-order valence-corrected chi connectivity index (χ1v) is 16.9. The van der Waals surface area contributed by atoms with E-state index in [1.165, 1.54) is 0 Å². The molecule has 0 aliphatic carbocycles. The highest BCUT2D eigenvalue weighted by Gasteiger charge is 2.56. The van der Waals surface area contributed by atoms with Gasteiger partial charge in [0.05, 0.1) is 40.5 Å². The van der Waals surface area contributed by atoms with E-state index in [0.29, 0.717) is 13.1 Å². The molecular formula is C40H46N4O5. The second kappa shape index (κ2) is 12.9. The summed E-state index contributed by atoms with van der Waals surface area (Å²) in [5.74, 6) is 3.06. The van der Waals surface area contributed by atoms with E-state index in [9.17, 15) is 4.79 Å². The lowest BCUT2D eigenvalue weighted by Gasteiger charge is -2.45. The van der Waals surface area contributed by atoms with Crippen molar-refractivity contribution in [2.75, 3.05) is 41.5 Å². The van der Waals surface area contributed by atoms with Gasteiger partial charge in [-0.1, -0.05) is 32.1 Å². The van der Waals surface area contributed by atoms with E-state index in [-0.39, 0.29) is 6.03 Å². The minimum atomic E-state index is -0.472. The van der Waals surface area contributed by atoms with Crippen LogP contribution in [0.15, 0.2) is 90.9 Å². The van der Waals surface area contributed by atoms with Crippen LogP contribution in [0, 0.1) is 0 Å². The quantitative estimate of drug-likeness (QED) is 0.190. The monoisotopic (exact) mass is 662 g/mol. The summed E-state index contributed by atoms with van der Waals surface area (Å²) >= 11 is 0. The van der Waals surface area contributed by atoms with Crippen LogP contribution in [0.5, 0.6) is 23.0 Å². The average Bonchev–Trinajstić information content (AvgIpc) is 3.69. The van der Waals surface area contributed by atoms with E-state index in [0.717, 1.165) is 89.1 Å². The lowest BCUT2D eigenvalue weighted by molar-refractivity contribution is 0.0813. The van der Waals surface area contributed by atoms with E-state index >= 15 is 0 Å². The number of piperidine rings is 1. The topological polar surface area (TPSA) is 68.6 Å². The molecule has 3 aromatic carbocycles. The Morgan fingerprint density at radius 3 is 2.06 bits per heavy atom. The Kier molecular flexibility index (Phi) is 8.57. The van der Waals surface area contributed by atoms with Crippen LogP contribution in [0.2, 0.25) is 0 Å². The van der Waals surface area contributed by atoms with Gasteiger partial charge < -0.3 is 28.4 Å². The second-order valence-electron chi connectivity index (χ2n) is 13.9. The van der Waals surface area contributed by atoms with Gasteiger partial charge in [-0.25, -0.2) is 4.79 Å². The molecule has 0 N–H and O–H groups in total. The molecule has 2 saturated heterocycles. The number of amides is 2. The third-order valence-electron chi connectivity index (χ3n) is 10.5. The molecule has 9 nitrogen and oxygen atoms in total. The van der Waals surface area contributed by atoms with E-state index in [1.54, 1.807) is 28.4 Å². The summed E-state index contributed by atoms with van der Waals surface area (Å²) < 4.78 is 24.8. The van der Waals surface area contributed by atoms with Crippen LogP contribution in [-0.2, 0) is 25.0 Å². The van der Waals surface area contributed by atoms with Crippen molar-refractivity contribution in [1.82, 2.24) is 19.3 Å². The molecule has 2 fully saturated rings. The fourth-order valence-corrected chi connectivity index (χ4v) is 8.10. The van der Waals surface area contributed by atoms with Gasteiger partial charge in [-0.05, 0) is 72.0 Å². The van der Waals surface area contributed by atoms with Crippen LogP contribution in [0.25, 0.3) is 5.69 Å². The Morgan fingerprint density at radius 2 is 1.41 bits per heavy atom. The van der Waals surface area contributed by atoms with Crippen LogP contribution < -0.4 is 18.9 Å². The maximum Gasteiger partial charge on any atom is 0.325 e. The van der Waals surface area contributed by atoms with Crippen LogP contribution in [0.1, 0.15) is 48.9 Å². The van der Waals surface area contributed by atoms with Gasteiger partial charge in [-0.15, -0.1) is 0 Å². The molecule has 0 unspecified atom stereocenters. The third kappa shape index (κ3) is 5.90. The average molecular weight is 663 g/mol. The predicted molar refractivity (Wildman–Crippen MR) is 190 cm³/mol. The van der Waals surface area contributed by atoms with Crippen molar-refractivity contribution in [1.29, 1.82) is 0 Å². The molecule has 0 saturated carbocycles. The summed E-state index contributed by atoms with van der Waals surface area (Å²) in [7, 11) is 6.73. The van der Waals surface area contributed by atoms with Crippen molar-refractivity contribution < 1.29 is 23.7 Å². The lowest BCUT2D eigenvalue weighted by Crippen LogP contribution is -2.53. The molecule has 3 aliphatic heterocycles. The van der Waals surface area contributed by atoms with E-state index in [4.69, 9.17) is 18.9 Å². The summed E-state index contributed by atoms with van der Waals surface area (Å²) in [4.78, 5) is 21.5. The zero-order chi connectivity index (χ0) is 34.3. The highest BCUT2D eigenvalue weighted by molar-refractivity contribution is 5.83. The van der Waals surface area contributed by atoms with Gasteiger partial charge >= 0.3 is 6.03 Å². The highest BCUT2D eigenvalue weighted by Crippen LogP contribution is 2.51. The molecule has 3 aliphatic rings. The number of likely N-dealkylation sites (tertiary alicyclic amines) is 1. The number of fused-ring (bicyclic) bond motifs is 3. The molecule has 4 aromatic rings. The van der Waals surface area contributed by atoms with Crippen LogP contribution in [-0.4, -0.2) is 72.4 Å². The number of ether oxygens (including phenoxy) is 4. The maximum absolute atomic E-state index is 14.8. The molecule has 7 rings (SSSR count). The number of hydrogen-bond acceptors (Lipinski definition) is 6. The van der Waals surface area contributed by atoms with Crippen molar-refractivity contribution in [3.63, 3.8) is 0 Å². The Balaban J connectivity index is 1.27. The Hall–Kier alpha value is -4.89. The standard InChI is InChI=1S/C40H46N4O5/c1-39(2)24-36-40(12-16-41(17-13-40)25-29-19-32(46-3)22-33(20-29)47-4)44(26-28-10-9-11-31(18-28)42-14-7-8-15-42)38(45)43(36)27-30-21-34(48-5)23-35(49-6)37(30)39/h7-11,14-15,18-24H,12-13,16-17,25-27H2,1-6H3. The molecular weight excluding hydrogens is 616 g/mol. The van der Waals surface area contributed by atoms with Crippen molar-refractivity contribution in [2.24, 2.45) is 0 Å². The normalized spacial score (nSPS) is 18.1. The number of carbonyl (C=O) groups is 1. The smallest absolute Gasteiger partial charge is 0.325 e. The maximum atomic E-state index is 14.8. The van der Waals surface area contributed by atoms with E-state index in [2.05, 4.69) is 76.8 Å². The Labute approximate surface area is 289 Å². The molecule has 49 heavy (non-hydrogen) atoms. The van der Waals surface area contributed by atoms with Gasteiger partial charge in [0.25, 0.3) is 0 Å². The van der Waals surface area contributed by atoms with E-state index in [1.807, 2.05) is 41.6 Å². The number of rotatable bonds is 9. The van der Waals surface area contributed by atoms with Crippen LogP contribution in [0.3, 0.4) is 0 Å². The number of carbonyl (C=O) groups excluding carboxylic acids is 1. The largest absolute Gasteiger partial charge is 0.497 e. The summed E-state index contributed by atoms with van der Waals surface area (Å²) in [6, 6.07) is 22.7. The minimum absolute atomic E-state index is 0.0361. The Bertz CT molecular complexity index is 1850. The molecule has 0 radical (unpaired) electrons. The molecule has 4 heterocycles. The minimum Gasteiger partial charge on any atom is -0.497 e. The summed E-state index contributed by atoms with van der Waals surface area (Å²) in [6.45, 7) is 7.86. The highest BCUT2D eigenvalue weighted by atomic mass is 16.5. The van der Waals surface area contributed by atoms with Crippen molar-refractivity contribution in [2.45, 2.75) is 57.3 Å². The number of urea groups is 1. The fraction of sp³-hybridized carbons (Fsp3) is 0.375. The molecule has 0 bridgehead atoms. The van der Waals surface area contributed by atoms with Crippen LogP contribution in [0.4, 0.5) is 4.79 Å². The number of aromatic nitrogens is 1. The number of benzene rings is 3. The zero-order valence-corrected chi connectivity index (χ0v) is 29.4. The number of hydrogen-bond donors (Lipinski definition) is 0. The lowest BCUT2D eigenvalue weighted by atomic mass is 9.77. The van der Waals surface area contributed by atoms with E-state index < -0.39 is 11.0 Å². The third-order valence-corrected chi connectivity index (χ3v) is 10.5. The van der Waals surface area contributed by atoms with Crippen molar-refractivity contribution in [3.05, 3.63) is 113 Å². The van der Waals surface area contributed by atoms with Gasteiger partial charge in [-0.3, -0.25) is 9.80 Å². The summed E-state index contributed by atoms with van der Waals surface area (Å²) in [6.07, 6.45) is 8.06. The SMILES string of the molecule is COc1cc(CN2CCC3(CC2)C2=CC(C)(C)c4c(cc(OC)cc4OC)CN2C(=O)N3Cc2cccc(-n3cccc3)c2)cc(OC)c1. The first-order chi connectivity index (χ1) is 23.7.